The van der Waals surface area contributed by atoms with Crippen molar-refractivity contribution in [3.63, 3.8) is 0 Å². The molecule has 106 valence electrons. The predicted molar refractivity (Wildman–Crippen MR) is 68.0 cm³/mol. The van der Waals surface area contributed by atoms with Gasteiger partial charge in [-0.2, -0.15) is 0 Å². The molecule has 0 atom stereocenters. The molecule has 9 heteroatoms. The van der Waals surface area contributed by atoms with Crippen molar-refractivity contribution in [2.24, 2.45) is 5.73 Å². The normalized spacial score (nSPS) is 11.6. The summed E-state index contributed by atoms with van der Waals surface area (Å²) in [6, 6.07) is 6.50. The zero-order chi connectivity index (χ0) is 14.8. The van der Waals surface area contributed by atoms with E-state index in [1.807, 2.05) is 0 Å². The molecule has 0 fully saturated rings. The SMILES string of the molecule is NC(=O)CONS(=O)(=O)c1ccc2oc(=O)ccc2c1. The van der Waals surface area contributed by atoms with Crippen molar-refractivity contribution in [3.8, 4) is 0 Å². The highest BCUT2D eigenvalue weighted by molar-refractivity contribution is 7.89. The molecule has 0 radical (unpaired) electrons. The Bertz CT molecular complexity index is 811. The summed E-state index contributed by atoms with van der Waals surface area (Å²) in [6.45, 7) is -0.582. The van der Waals surface area contributed by atoms with Gasteiger partial charge in [-0.25, -0.2) is 13.2 Å². The van der Waals surface area contributed by atoms with E-state index in [0.717, 1.165) is 0 Å². The number of carbonyl (C=O) groups is 1. The number of amides is 1. The van der Waals surface area contributed by atoms with Gasteiger partial charge in [0.2, 0.25) is 5.91 Å². The van der Waals surface area contributed by atoms with Crippen LogP contribution in [0.2, 0.25) is 0 Å². The predicted octanol–water partition coefficient (Wildman–Crippen LogP) is -0.512. The number of hydrogen-bond donors (Lipinski definition) is 2. The van der Waals surface area contributed by atoms with Gasteiger partial charge >= 0.3 is 5.63 Å². The van der Waals surface area contributed by atoms with Crippen LogP contribution < -0.4 is 16.2 Å². The van der Waals surface area contributed by atoms with E-state index in [9.17, 15) is 18.0 Å². The summed E-state index contributed by atoms with van der Waals surface area (Å²) in [5, 5.41) is 0.433. The second-order valence-corrected chi connectivity index (χ2v) is 5.44. The fourth-order valence-electron chi connectivity index (χ4n) is 1.44. The summed E-state index contributed by atoms with van der Waals surface area (Å²) in [5.41, 5.74) is 4.54. The zero-order valence-electron chi connectivity index (χ0n) is 10.0. The monoisotopic (exact) mass is 298 g/mol. The van der Waals surface area contributed by atoms with Crippen molar-refractivity contribution in [1.29, 1.82) is 0 Å². The average Bonchev–Trinajstić information content (AvgIpc) is 2.37. The first kappa shape index (κ1) is 14.2. The van der Waals surface area contributed by atoms with Crippen LogP contribution in [0.15, 0.2) is 44.4 Å². The minimum absolute atomic E-state index is 0.108. The Kier molecular flexibility index (Phi) is 3.84. The fourth-order valence-corrected chi connectivity index (χ4v) is 2.28. The van der Waals surface area contributed by atoms with Crippen LogP contribution in [0.3, 0.4) is 0 Å². The number of nitrogens with one attached hydrogen (secondary N) is 1. The van der Waals surface area contributed by atoms with Gasteiger partial charge in [-0.15, -0.1) is 0 Å². The Labute approximate surface area is 113 Å². The summed E-state index contributed by atoms with van der Waals surface area (Å²) in [7, 11) is -3.96. The molecule has 2 rings (SSSR count). The first-order valence-electron chi connectivity index (χ1n) is 5.34. The minimum Gasteiger partial charge on any atom is -0.423 e. The maximum absolute atomic E-state index is 11.8. The van der Waals surface area contributed by atoms with Gasteiger partial charge in [-0.3, -0.25) is 9.63 Å². The molecule has 0 aliphatic rings. The summed E-state index contributed by atoms with van der Waals surface area (Å²) >= 11 is 0. The Balaban J connectivity index is 2.30. The van der Waals surface area contributed by atoms with Crippen LogP contribution >= 0.6 is 0 Å². The third-order valence-electron chi connectivity index (χ3n) is 2.28. The van der Waals surface area contributed by atoms with Gasteiger partial charge < -0.3 is 10.2 Å². The van der Waals surface area contributed by atoms with Gasteiger partial charge in [0, 0.05) is 11.5 Å². The number of carbonyl (C=O) groups excluding carboxylic acids is 1. The van der Waals surface area contributed by atoms with Crippen LogP contribution in [0.4, 0.5) is 0 Å². The molecular formula is C11H10N2O6S. The quantitative estimate of drug-likeness (QED) is 0.565. The number of primary amides is 1. The molecule has 20 heavy (non-hydrogen) atoms. The summed E-state index contributed by atoms with van der Waals surface area (Å²) in [6.07, 6.45) is 0. The van der Waals surface area contributed by atoms with E-state index in [1.54, 1.807) is 4.89 Å². The van der Waals surface area contributed by atoms with E-state index < -0.39 is 28.2 Å². The lowest BCUT2D eigenvalue weighted by Crippen LogP contribution is -2.29. The molecule has 1 heterocycles. The lowest BCUT2D eigenvalue weighted by Gasteiger charge is -2.06. The Morgan fingerprint density at radius 1 is 1.30 bits per heavy atom. The van der Waals surface area contributed by atoms with Crippen LogP contribution in [-0.4, -0.2) is 20.9 Å². The van der Waals surface area contributed by atoms with E-state index in [2.05, 4.69) is 4.84 Å². The van der Waals surface area contributed by atoms with Crippen LogP contribution in [0.1, 0.15) is 0 Å². The van der Waals surface area contributed by atoms with Crippen molar-refractivity contribution in [1.82, 2.24) is 4.89 Å². The van der Waals surface area contributed by atoms with Crippen LogP contribution in [0, 0.1) is 0 Å². The van der Waals surface area contributed by atoms with Crippen molar-refractivity contribution in [3.05, 3.63) is 40.8 Å². The summed E-state index contributed by atoms with van der Waals surface area (Å²) < 4.78 is 28.6. The molecular weight excluding hydrogens is 288 g/mol. The highest BCUT2D eigenvalue weighted by Gasteiger charge is 2.15. The van der Waals surface area contributed by atoms with Crippen molar-refractivity contribution in [2.45, 2.75) is 4.90 Å². The maximum Gasteiger partial charge on any atom is 0.336 e. The zero-order valence-corrected chi connectivity index (χ0v) is 10.8. The minimum atomic E-state index is -3.96. The molecule has 0 aliphatic carbocycles. The Morgan fingerprint density at radius 2 is 2.05 bits per heavy atom. The van der Waals surface area contributed by atoms with Crippen molar-refractivity contribution < 1.29 is 22.5 Å². The first-order valence-corrected chi connectivity index (χ1v) is 6.82. The molecule has 1 aromatic heterocycles. The molecule has 0 bridgehead atoms. The van der Waals surface area contributed by atoms with Gasteiger partial charge in [0.15, 0.2) is 0 Å². The largest absolute Gasteiger partial charge is 0.423 e. The number of rotatable bonds is 5. The maximum atomic E-state index is 11.8. The molecule has 0 spiro atoms. The number of benzene rings is 1. The lowest BCUT2D eigenvalue weighted by atomic mass is 10.2. The summed E-state index contributed by atoms with van der Waals surface area (Å²) in [4.78, 5) is 27.6. The topological polar surface area (TPSA) is 129 Å². The van der Waals surface area contributed by atoms with E-state index in [-0.39, 0.29) is 10.5 Å². The molecule has 0 saturated heterocycles. The molecule has 1 aromatic carbocycles. The smallest absolute Gasteiger partial charge is 0.336 e. The van der Waals surface area contributed by atoms with E-state index in [1.165, 1.54) is 30.3 Å². The van der Waals surface area contributed by atoms with Crippen LogP contribution in [0.5, 0.6) is 0 Å². The fraction of sp³-hybridized carbons (Fsp3) is 0.0909. The number of sulfonamides is 1. The highest BCUT2D eigenvalue weighted by atomic mass is 32.2. The second kappa shape index (κ2) is 5.41. The molecule has 8 nitrogen and oxygen atoms in total. The third-order valence-corrected chi connectivity index (χ3v) is 3.50. The van der Waals surface area contributed by atoms with Crippen molar-refractivity contribution in [2.75, 3.05) is 6.61 Å². The summed E-state index contributed by atoms with van der Waals surface area (Å²) in [5.74, 6) is -0.812. The average molecular weight is 298 g/mol. The third kappa shape index (κ3) is 3.20. The molecule has 0 saturated carbocycles. The van der Waals surface area contributed by atoms with Gasteiger partial charge in [0.1, 0.15) is 12.2 Å². The Hall–Kier alpha value is -2.23. The van der Waals surface area contributed by atoms with E-state index >= 15 is 0 Å². The molecule has 2 aromatic rings. The van der Waals surface area contributed by atoms with Gasteiger partial charge in [-0.1, -0.05) is 4.89 Å². The van der Waals surface area contributed by atoms with Crippen molar-refractivity contribution >= 4 is 26.9 Å². The molecule has 1 amide bonds. The molecule has 0 aliphatic heterocycles. The molecule has 3 N–H and O–H groups in total. The van der Waals surface area contributed by atoms with E-state index in [4.69, 9.17) is 10.2 Å². The number of fused-ring (bicyclic) bond motifs is 1. The number of nitrogens with two attached hydrogens (primary N) is 1. The lowest BCUT2D eigenvalue weighted by molar-refractivity contribution is -0.123. The standard InChI is InChI=1S/C11H10N2O6S/c12-10(14)6-18-13-20(16,17)8-2-3-9-7(5-8)1-4-11(15)19-9/h1-5,13H,6H2,(H2,12,14). The highest BCUT2D eigenvalue weighted by Crippen LogP contribution is 2.17. The van der Waals surface area contributed by atoms with Gasteiger partial charge in [0.05, 0.1) is 4.90 Å². The second-order valence-electron chi connectivity index (χ2n) is 3.80. The van der Waals surface area contributed by atoms with E-state index in [0.29, 0.717) is 5.39 Å². The van der Waals surface area contributed by atoms with Crippen LogP contribution in [-0.2, 0) is 19.7 Å². The van der Waals surface area contributed by atoms with Gasteiger partial charge in [-0.05, 0) is 24.3 Å². The van der Waals surface area contributed by atoms with Gasteiger partial charge in [0.25, 0.3) is 10.0 Å². The Morgan fingerprint density at radius 3 is 2.75 bits per heavy atom. The first-order chi connectivity index (χ1) is 9.38. The number of hydrogen-bond acceptors (Lipinski definition) is 6. The van der Waals surface area contributed by atoms with Crippen LogP contribution in [0.25, 0.3) is 11.0 Å². The molecule has 0 unspecified atom stereocenters.